The lowest BCUT2D eigenvalue weighted by Gasteiger charge is -2.37. The molecule has 3 aromatic rings. The number of rotatable bonds is 11. The third-order valence-corrected chi connectivity index (χ3v) is 13.3. The molecule has 3 aromatic carbocycles. The fourth-order valence-corrected chi connectivity index (χ4v) is 11.6. The first-order chi connectivity index (χ1) is 15.1. The van der Waals surface area contributed by atoms with Gasteiger partial charge in [-0.1, -0.05) is 61.5 Å². The highest BCUT2D eigenvalue weighted by Crippen LogP contribution is 2.60. The van der Waals surface area contributed by atoms with Gasteiger partial charge < -0.3 is 13.3 Å². The first-order valence-corrected chi connectivity index (χ1v) is 14.9. The lowest BCUT2D eigenvalue weighted by Crippen LogP contribution is -2.50. The summed E-state index contributed by atoms with van der Waals surface area (Å²) in [6.45, 7) is 9.51. The maximum Gasteiger partial charge on any atom is 0.503 e. The van der Waals surface area contributed by atoms with Crippen molar-refractivity contribution in [3.63, 3.8) is 0 Å². The topological polar surface area (TPSA) is 27.7 Å². The minimum absolute atomic E-state index is 0.107. The van der Waals surface area contributed by atoms with Crippen LogP contribution in [0.15, 0.2) is 91.0 Å². The van der Waals surface area contributed by atoms with E-state index in [1.165, 1.54) is 15.9 Å². The molecule has 0 aliphatic heterocycles. The second-order valence-electron chi connectivity index (χ2n) is 7.35. The Bertz CT molecular complexity index is 803. The second kappa shape index (κ2) is 11.2. The molecule has 0 aromatic heterocycles. The van der Waals surface area contributed by atoms with Crippen LogP contribution in [-0.2, 0) is 13.3 Å². The lowest BCUT2D eigenvalue weighted by molar-refractivity contribution is 0.0625. The van der Waals surface area contributed by atoms with Gasteiger partial charge in [0.1, 0.15) is 23.2 Å². The smallest absolute Gasteiger partial charge is 0.374 e. The molecule has 0 radical (unpaired) electrons. The molecule has 1 atom stereocenters. The third-order valence-electron chi connectivity index (χ3n) is 5.55. The summed E-state index contributed by atoms with van der Waals surface area (Å²) in [5, 5.41) is 3.89. The van der Waals surface area contributed by atoms with E-state index in [1.807, 2.05) is 13.8 Å². The van der Waals surface area contributed by atoms with E-state index >= 15 is 0 Å². The SMILES string of the molecule is CCO[Si](CC)(OCC)OC(C)[P+](c1ccccc1)(c1ccccc1)c1ccccc1. The van der Waals surface area contributed by atoms with Crippen LogP contribution in [0.2, 0.25) is 6.04 Å². The van der Waals surface area contributed by atoms with Gasteiger partial charge in [0.15, 0.2) is 5.85 Å². The number of hydrogen-bond donors (Lipinski definition) is 0. The van der Waals surface area contributed by atoms with E-state index in [1.54, 1.807) is 0 Å². The highest BCUT2D eigenvalue weighted by molar-refractivity contribution is 7.96. The standard InChI is InChI=1S/C26H34O3PSi/c1-5-27-31(7-3,28-6-2)29-23(4)30(24-17-11-8-12-18-24,25-19-13-9-14-20-25)26-21-15-10-16-22-26/h8-23H,5-7H2,1-4H3/q+1. The molecule has 0 heterocycles. The Morgan fingerprint density at radius 1 is 0.645 bits per heavy atom. The number of hydrogen-bond acceptors (Lipinski definition) is 3. The van der Waals surface area contributed by atoms with E-state index in [0.29, 0.717) is 13.2 Å². The van der Waals surface area contributed by atoms with E-state index in [9.17, 15) is 0 Å². The van der Waals surface area contributed by atoms with Gasteiger partial charge >= 0.3 is 8.80 Å². The zero-order valence-corrected chi connectivity index (χ0v) is 20.9. The summed E-state index contributed by atoms with van der Waals surface area (Å²) < 4.78 is 19.4. The molecule has 5 heteroatoms. The normalized spacial score (nSPS) is 13.2. The fraction of sp³-hybridized carbons (Fsp3) is 0.308. The van der Waals surface area contributed by atoms with Gasteiger partial charge in [-0.05, 0) is 57.2 Å². The maximum atomic E-state index is 6.94. The largest absolute Gasteiger partial charge is 0.503 e. The van der Waals surface area contributed by atoms with Gasteiger partial charge in [0.25, 0.3) is 0 Å². The predicted octanol–water partition coefficient (Wildman–Crippen LogP) is 5.37. The van der Waals surface area contributed by atoms with E-state index in [4.69, 9.17) is 13.3 Å². The molecule has 0 saturated carbocycles. The van der Waals surface area contributed by atoms with Crippen molar-refractivity contribution >= 4 is 32.0 Å². The highest BCUT2D eigenvalue weighted by Gasteiger charge is 2.55. The third kappa shape index (κ3) is 5.00. The van der Waals surface area contributed by atoms with Crippen LogP contribution in [-0.4, -0.2) is 27.9 Å². The van der Waals surface area contributed by atoms with Gasteiger partial charge in [-0.2, -0.15) is 0 Å². The predicted molar refractivity (Wildman–Crippen MR) is 135 cm³/mol. The molecule has 3 rings (SSSR count). The van der Waals surface area contributed by atoms with Crippen LogP contribution >= 0.6 is 7.26 Å². The van der Waals surface area contributed by atoms with E-state index in [-0.39, 0.29) is 5.85 Å². The van der Waals surface area contributed by atoms with Crippen LogP contribution in [0, 0.1) is 0 Å². The van der Waals surface area contributed by atoms with Crippen molar-refractivity contribution in [1.82, 2.24) is 0 Å². The first-order valence-electron chi connectivity index (χ1n) is 11.1. The van der Waals surface area contributed by atoms with Crippen LogP contribution in [0.5, 0.6) is 0 Å². The van der Waals surface area contributed by atoms with Crippen LogP contribution in [0.1, 0.15) is 27.7 Å². The van der Waals surface area contributed by atoms with Gasteiger partial charge in [-0.15, -0.1) is 0 Å². The summed E-state index contributed by atoms with van der Waals surface area (Å²) in [5.41, 5.74) is 0. The molecule has 3 nitrogen and oxygen atoms in total. The Morgan fingerprint density at radius 3 is 1.29 bits per heavy atom. The van der Waals surface area contributed by atoms with Crippen LogP contribution in [0.4, 0.5) is 0 Å². The summed E-state index contributed by atoms with van der Waals surface area (Å²) in [7, 11) is -4.96. The minimum atomic E-state index is -2.81. The fourth-order valence-electron chi connectivity index (χ4n) is 4.24. The van der Waals surface area contributed by atoms with Crippen LogP contribution in [0.25, 0.3) is 0 Å². The van der Waals surface area contributed by atoms with Crippen molar-refractivity contribution in [2.45, 2.75) is 39.6 Å². The molecule has 31 heavy (non-hydrogen) atoms. The molecule has 1 unspecified atom stereocenters. The Morgan fingerprint density at radius 2 is 1.00 bits per heavy atom. The van der Waals surface area contributed by atoms with Crippen molar-refractivity contribution < 1.29 is 13.3 Å². The molecule has 0 fully saturated rings. The highest BCUT2D eigenvalue weighted by atomic mass is 31.2. The first kappa shape index (κ1) is 23.8. The average Bonchev–Trinajstić information content (AvgIpc) is 2.82. The van der Waals surface area contributed by atoms with Crippen molar-refractivity contribution in [2.24, 2.45) is 0 Å². The molecule has 0 amide bonds. The van der Waals surface area contributed by atoms with Gasteiger partial charge in [0.05, 0.1) is 0 Å². The Hall–Kier alpha value is -1.81. The quantitative estimate of drug-likeness (QED) is 0.288. The Balaban J connectivity index is 2.24. The van der Waals surface area contributed by atoms with Crippen LogP contribution < -0.4 is 15.9 Å². The molecule has 0 spiro atoms. The average molecular weight is 454 g/mol. The van der Waals surface area contributed by atoms with Gasteiger partial charge in [-0.3, -0.25) is 0 Å². The molecular weight excluding hydrogens is 419 g/mol. The van der Waals surface area contributed by atoms with Gasteiger partial charge in [0.2, 0.25) is 0 Å². The van der Waals surface area contributed by atoms with Crippen molar-refractivity contribution in [3.05, 3.63) is 91.0 Å². The summed E-state index contributed by atoms with van der Waals surface area (Å²) in [4.78, 5) is 0. The molecule has 164 valence electrons. The summed E-state index contributed by atoms with van der Waals surface area (Å²) in [6.07, 6.45) is 0. The van der Waals surface area contributed by atoms with Crippen molar-refractivity contribution in [2.75, 3.05) is 13.2 Å². The molecule has 0 saturated heterocycles. The molecule has 0 N–H and O–H groups in total. The van der Waals surface area contributed by atoms with E-state index < -0.39 is 16.1 Å². The van der Waals surface area contributed by atoms with Crippen molar-refractivity contribution in [3.8, 4) is 0 Å². The Kier molecular flexibility index (Phi) is 8.59. The van der Waals surface area contributed by atoms with Crippen LogP contribution in [0.3, 0.4) is 0 Å². The summed E-state index contributed by atoms with van der Waals surface area (Å²) in [5.74, 6) is -0.107. The van der Waals surface area contributed by atoms with Crippen molar-refractivity contribution in [1.29, 1.82) is 0 Å². The van der Waals surface area contributed by atoms with Gasteiger partial charge in [0, 0.05) is 19.3 Å². The minimum Gasteiger partial charge on any atom is -0.374 e. The maximum absolute atomic E-state index is 6.94. The Labute approximate surface area is 189 Å². The monoisotopic (exact) mass is 453 g/mol. The van der Waals surface area contributed by atoms with Gasteiger partial charge in [-0.25, -0.2) is 0 Å². The molecule has 0 bridgehead atoms. The lowest BCUT2D eigenvalue weighted by atomic mass is 10.4. The number of benzene rings is 3. The molecule has 0 aliphatic rings. The molecular formula is C26H34O3PSi+. The summed E-state index contributed by atoms with van der Waals surface area (Å²) >= 11 is 0. The second-order valence-corrected chi connectivity index (χ2v) is 14.0. The summed E-state index contributed by atoms with van der Waals surface area (Å²) in [6, 6.07) is 33.2. The van der Waals surface area contributed by atoms with E-state index in [0.717, 1.165) is 6.04 Å². The van der Waals surface area contributed by atoms with E-state index in [2.05, 4.69) is 105 Å². The zero-order valence-electron chi connectivity index (χ0n) is 19.0. The molecule has 0 aliphatic carbocycles. The zero-order chi connectivity index (χ0) is 22.2.